The highest BCUT2D eigenvalue weighted by Gasteiger charge is 2.60. The minimum atomic E-state index is -0.860. The third-order valence-corrected chi connectivity index (χ3v) is 5.43. The fourth-order valence-corrected chi connectivity index (χ4v) is 4.13. The number of anilines is 2. The molecule has 6 heteroatoms. The summed E-state index contributed by atoms with van der Waals surface area (Å²) in [6.45, 7) is 1.93. The number of hydrogen-bond donors (Lipinski definition) is 0. The Morgan fingerprint density at radius 2 is 1.59 bits per heavy atom. The maximum absolute atomic E-state index is 13.5. The molecule has 0 bridgehead atoms. The molecule has 3 aromatic rings. The quantitative estimate of drug-likeness (QED) is 0.647. The van der Waals surface area contributed by atoms with E-state index in [9.17, 15) is 9.59 Å². The fourth-order valence-electron chi connectivity index (χ4n) is 4.13. The van der Waals surface area contributed by atoms with Gasteiger partial charge in [-0.2, -0.15) is 0 Å². The highest BCUT2D eigenvalue weighted by molar-refractivity contribution is 6.23. The van der Waals surface area contributed by atoms with Gasteiger partial charge in [-0.3, -0.25) is 19.4 Å². The SMILES string of the molecule is Cc1cccc(N2C(=O)[C@@H]3[C@@H](c4ccncc4)N(c4ccccc4)O[C@H]3C2=O)c1. The number of fused-ring (bicyclic) bond motifs is 1. The summed E-state index contributed by atoms with van der Waals surface area (Å²) in [4.78, 5) is 38.1. The predicted molar refractivity (Wildman–Crippen MR) is 108 cm³/mol. The predicted octanol–water partition coefficient (Wildman–Crippen LogP) is 3.44. The molecule has 2 aromatic carbocycles. The van der Waals surface area contributed by atoms with Gasteiger partial charge in [0.05, 0.1) is 17.4 Å². The van der Waals surface area contributed by atoms with Gasteiger partial charge in [0.25, 0.3) is 5.91 Å². The molecule has 2 amide bonds. The lowest BCUT2D eigenvalue weighted by molar-refractivity contribution is -0.126. The summed E-state index contributed by atoms with van der Waals surface area (Å²) in [7, 11) is 0. The maximum atomic E-state index is 13.5. The van der Waals surface area contributed by atoms with Gasteiger partial charge in [0, 0.05) is 12.4 Å². The zero-order valence-electron chi connectivity index (χ0n) is 15.8. The van der Waals surface area contributed by atoms with Crippen molar-refractivity contribution in [1.82, 2.24) is 4.98 Å². The number of carbonyl (C=O) groups is 2. The Morgan fingerprint density at radius 1 is 0.862 bits per heavy atom. The van der Waals surface area contributed by atoms with Crippen LogP contribution in [-0.4, -0.2) is 22.9 Å². The largest absolute Gasteiger partial charge is 0.273 e. The minimum Gasteiger partial charge on any atom is -0.273 e. The molecule has 2 fully saturated rings. The van der Waals surface area contributed by atoms with Crippen LogP contribution in [0, 0.1) is 12.8 Å². The van der Waals surface area contributed by atoms with Gasteiger partial charge >= 0.3 is 0 Å². The molecule has 3 heterocycles. The normalized spacial score (nSPS) is 23.6. The van der Waals surface area contributed by atoms with Crippen LogP contribution in [0.1, 0.15) is 17.2 Å². The zero-order chi connectivity index (χ0) is 20.0. The van der Waals surface area contributed by atoms with Gasteiger partial charge in [-0.25, -0.2) is 9.96 Å². The van der Waals surface area contributed by atoms with Crippen molar-refractivity contribution in [2.75, 3.05) is 9.96 Å². The van der Waals surface area contributed by atoms with E-state index in [2.05, 4.69) is 4.98 Å². The Balaban J connectivity index is 1.59. The zero-order valence-corrected chi connectivity index (χ0v) is 15.8. The Kier molecular flexibility index (Phi) is 4.14. The number of rotatable bonds is 3. The van der Waals surface area contributed by atoms with Crippen molar-refractivity contribution >= 4 is 23.2 Å². The van der Waals surface area contributed by atoms with Gasteiger partial charge in [-0.05, 0) is 54.4 Å². The van der Waals surface area contributed by atoms with Crippen LogP contribution in [0.25, 0.3) is 0 Å². The first-order chi connectivity index (χ1) is 14.1. The van der Waals surface area contributed by atoms with Crippen LogP contribution in [0.5, 0.6) is 0 Å². The molecule has 29 heavy (non-hydrogen) atoms. The monoisotopic (exact) mass is 385 g/mol. The van der Waals surface area contributed by atoms with Crippen molar-refractivity contribution in [3.8, 4) is 0 Å². The van der Waals surface area contributed by atoms with Crippen molar-refractivity contribution < 1.29 is 14.4 Å². The van der Waals surface area contributed by atoms with Crippen molar-refractivity contribution in [2.45, 2.75) is 19.1 Å². The summed E-state index contributed by atoms with van der Waals surface area (Å²) in [5.74, 6) is -1.21. The van der Waals surface area contributed by atoms with Crippen LogP contribution in [0.4, 0.5) is 11.4 Å². The Hall–Kier alpha value is -3.51. The standard InChI is InChI=1S/C23H19N3O3/c1-15-6-5-9-18(14-15)25-22(27)19-20(16-10-12-24-13-11-16)26(29-21(19)23(25)28)17-7-3-2-4-8-17/h2-14,19-21H,1H3/t19-,20-,21-/m1/s1. The van der Waals surface area contributed by atoms with Crippen LogP contribution in [0.15, 0.2) is 79.1 Å². The van der Waals surface area contributed by atoms with Gasteiger partial charge in [0.1, 0.15) is 5.92 Å². The lowest BCUT2D eigenvalue weighted by Crippen LogP contribution is -2.37. The molecule has 2 saturated heterocycles. The molecule has 3 atom stereocenters. The summed E-state index contributed by atoms with van der Waals surface area (Å²) in [5.41, 5.74) is 3.24. The number of benzene rings is 2. The first-order valence-corrected chi connectivity index (χ1v) is 9.50. The number of pyridine rings is 1. The van der Waals surface area contributed by atoms with Crippen LogP contribution < -0.4 is 9.96 Å². The fraction of sp³-hybridized carbons (Fsp3) is 0.174. The molecule has 2 aliphatic heterocycles. The first kappa shape index (κ1) is 17.6. The minimum absolute atomic E-state index is 0.245. The second-order valence-corrected chi connectivity index (χ2v) is 7.29. The Labute approximate surface area is 168 Å². The number of aryl methyl sites for hydroxylation is 1. The topological polar surface area (TPSA) is 62.7 Å². The molecular formula is C23H19N3O3. The summed E-state index contributed by atoms with van der Waals surface area (Å²) in [5, 5.41) is 1.69. The summed E-state index contributed by atoms with van der Waals surface area (Å²) in [6.07, 6.45) is 2.51. The molecule has 0 unspecified atom stereocenters. The number of nitrogens with zero attached hydrogens (tertiary/aromatic N) is 3. The summed E-state index contributed by atoms with van der Waals surface area (Å²) in [6, 6.07) is 20.2. The van der Waals surface area contributed by atoms with Crippen molar-refractivity contribution in [1.29, 1.82) is 0 Å². The molecule has 0 spiro atoms. The molecule has 5 rings (SSSR count). The average Bonchev–Trinajstić information content (AvgIpc) is 3.26. The van der Waals surface area contributed by atoms with Crippen LogP contribution in [-0.2, 0) is 14.4 Å². The van der Waals surface area contributed by atoms with E-state index in [0.29, 0.717) is 5.69 Å². The lowest BCUT2D eigenvalue weighted by atomic mass is 9.91. The van der Waals surface area contributed by atoms with E-state index >= 15 is 0 Å². The van der Waals surface area contributed by atoms with Crippen molar-refractivity contribution in [3.63, 3.8) is 0 Å². The van der Waals surface area contributed by atoms with E-state index in [1.54, 1.807) is 23.5 Å². The van der Waals surface area contributed by atoms with Gasteiger partial charge in [-0.15, -0.1) is 0 Å². The number of carbonyl (C=O) groups excluding carboxylic acids is 2. The van der Waals surface area contributed by atoms with Crippen LogP contribution in [0.3, 0.4) is 0 Å². The second-order valence-electron chi connectivity index (χ2n) is 7.29. The summed E-state index contributed by atoms with van der Waals surface area (Å²) < 4.78 is 0. The van der Waals surface area contributed by atoms with Gasteiger partial charge in [-0.1, -0.05) is 30.3 Å². The molecule has 6 nitrogen and oxygen atoms in total. The third-order valence-electron chi connectivity index (χ3n) is 5.43. The van der Waals surface area contributed by atoms with Gasteiger partial charge in [0.2, 0.25) is 5.91 Å². The van der Waals surface area contributed by atoms with E-state index in [4.69, 9.17) is 4.84 Å². The number of aromatic nitrogens is 1. The number of amides is 2. The Morgan fingerprint density at radius 3 is 2.31 bits per heavy atom. The molecular weight excluding hydrogens is 366 g/mol. The average molecular weight is 385 g/mol. The van der Waals surface area contributed by atoms with Crippen molar-refractivity contribution in [3.05, 3.63) is 90.3 Å². The van der Waals surface area contributed by atoms with E-state index in [1.807, 2.05) is 67.6 Å². The molecule has 0 saturated carbocycles. The molecule has 144 valence electrons. The second kappa shape index (κ2) is 6.83. The molecule has 1 aromatic heterocycles. The van der Waals surface area contributed by atoms with E-state index in [1.165, 1.54) is 4.90 Å². The van der Waals surface area contributed by atoms with Gasteiger partial charge in [0.15, 0.2) is 6.10 Å². The molecule has 0 N–H and O–H groups in total. The Bertz CT molecular complexity index is 1070. The lowest BCUT2D eigenvalue weighted by Gasteiger charge is -2.28. The van der Waals surface area contributed by atoms with E-state index < -0.39 is 18.1 Å². The van der Waals surface area contributed by atoms with Crippen LogP contribution in [0.2, 0.25) is 0 Å². The number of hydrogen-bond acceptors (Lipinski definition) is 5. The molecule has 0 radical (unpaired) electrons. The summed E-state index contributed by atoms with van der Waals surface area (Å²) >= 11 is 0. The molecule has 0 aliphatic carbocycles. The number of imide groups is 1. The molecule has 2 aliphatic rings. The maximum Gasteiger partial charge on any atom is 0.266 e. The number of hydroxylamine groups is 1. The third kappa shape index (κ3) is 2.80. The van der Waals surface area contributed by atoms with E-state index in [-0.39, 0.29) is 11.8 Å². The highest BCUT2D eigenvalue weighted by Crippen LogP contribution is 2.47. The van der Waals surface area contributed by atoms with Gasteiger partial charge < -0.3 is 0 Å². The van der Waals surface area contributed by atoms with Crippen LogP contribution >= 0.6 is 0 Å². The smallest absolute Gasteiger partial charge is 0.266 e. The van der Waals surface area contributed by atoms with Crippen molar-refractivity contribution in [2.24, 2.45) is 5.92 Å². The highest BCUT2D eigenvalue weighted by atomic mass is 16.7. The first-order valence-electron chi connectivity index (χ1n) is 9.50. The number of para-hydroxylation sites is 1. The van der Waals surface area contributed by atoms with E-state index in [0.717, 1.165) is 16.8 Å².